The van der Waals surface area contributed by atoms with Gasteiger partial charge in [0.05, 0.1) is 0 Å². The van der Waals surface area contributed by atoms with Crippen LogP contribution in [0.2, 0.25) is 0 Å². The Balaban J connectivity index is 0.000000810. The van der Waals surface area contributed by atoms with Gasteiger partial charge in [0.1, 0.15) is 0 Å². The molecular formula is C8H11PW. The van der Waals surface area contributed by atoms with Crippen molar-refractivity contribution in [1.82, 2.24) is 0 Å². The summed E-state index contributed by atoms with van der Waals surface area (Å²) in [6.07, 6.45) is 0. The van der Waals surface area contributed by atoms with Crippen LogP contribution in [0.25, 0.3) is 0 Å². The minimum Gasteiger partial charge on any atom is -0.0817 e. The third-order valence-electron chi connectivity index (χ3n) is 1.27. The Labute approximate surface area is 78.0 Å². The third-order valence-corrected chi connectivity index (χ3v) is 2.60. The van der Waals surface area contributed by atoms with Crippen LogP contribution in [0.5, 0.6) is 0 Å². The van der Waals surface area contributed by atoms with Crippen LogP contribution >= 0.6 is 7.92 Å². The van der Waals surface area contributed by atoms with E-state index in [9.17, 15) is 0 Å². The first-order valence-electron chi connectivity index (χ1n) is 3.03. The molecule has 0 nitrogen and oxygen atoms in total. The average molecular weight is 322 g/mol. The fraction of sp³-hybridized carbons (Fsp3) is 0.250. The maximum Gasteiger partial charge on any atom is 0 e. The zero-order valence-electron chi connectivity index (χ0n) is 6.24. The Morgan fingerprint density at radius 1 is 1.00 bits per heavy atom. The zero-order valence-corrected chi connectivity index (χ0v) is 10.1. The molecule has 0 amide bonds. The van der Waals surface area contributed by atoms with Crippen LogP contribution in [-0.2, 0) is 21.1 Å². The predicted molar refractivity (Wildman–Crippen MR) is 44.8 cm³/mol. The van der Waals surface area contributed by atoms with Crippen molar-refractivity contribution in [2.24, 2.45) is 0 Å². The van der Waals surface area contributed by atoms with Gasteiger partial charge in [-0.1, -0.05) is 38.3 Å². The quantitative estimate of drug-likeness (QED) is 0.695. The van der Waals surface area contributed by atoms with Gasteiger partial charge < -0.3 is 0 Å². The molecule has 0 atom stereocenters. The van der Waals surface area contributed by atoms with Crippen LogP contribution in [0.4, 0.5) is 0 Å². The van der Waals surface area contributed by atoms with Crippen LogP contribution < -0.4 is 5.30 Å². The molecule has 0 aromatic heterocycles. The van der Waals surface area contributed by atoms with Crippen LogP contribution in [0.3, 0.4) is 0 Å². The number of rotatable bonds is 1. The smallest absolute Gasteiger partial charge is 0 e. The molecule has 0 aliphatic carbocycles. The number of benzene rings is 1. The van der Waals surface area contributed by atoms with Gasteiger partial charge in [-0.2, -0.15) is 0 Å². The van der Waals surface area contributed by atoms with E-state index in [4.69, 9.17) is 0 Å². The van der Waals surface area contributed by atoms with Crippen LogP contribution in [0.15, 0.2) is 30.3 Å². The molecule has 0 radical (unpaired) electrons. The van der Waals surface area contributed by atoms with E-state index in [1.807, 2.05) is 0 Å². The van der Waals surface area contributed by atoms with Gasteiger partial charge in [0, 0.05) is 21.1 Å². The molecule has 1 aromatic rings. The zero-order chi connectivity index (χ0) is 6.69. The Kier molecular flexibility index (Phi) is 5.22. The molecule has 0 heterocycles. The average Bonchev–Trinajstić information content (AvgIpc) is 1.90. The van der Waals surface area contributed by atoms with Crippen molar-refractivity contribution in [2.75, 3.05) is 13.3 Å². The second-order valence-corrected chi connectivity index (χ2v) is 4.54. The predicted octanol–water partition coefficient (Wildman–Crippen LogP) is 2.05. The molecule has 0 spiro atoms. The summed E-state index contributed by atoms with van der Waals surface area (Å²) in [4.78, 5) is 0. The van der Waals surface area contributed by atoms with E-state index in [1.54, 1.807) is 0 Å². The third kappa shape index (κ3) is 2.95. The summed E-state index contributed by atoms with van der Waals surface area (Å²) in [6.45, 7) is 4.54. The summed E-state index contributed by atoms with van der Waals surface area (Å²) in [6, 6.07) is 10.6. The van der Waals surface area contributed by atoms with Crippen molar-refractivity contribution in [2.45, 2.75) is 0 Å². The van der Waals surface area contributed by atoms with Crippen molar-refractivity contribution in [3.05, 3.63) is 30.3 Å². The van der Waals surface area contributed by atoms with Crippen molar-refractivity contribution in [3.63, 3.8) is 0 Å². The summed E-state index contributed by atoms with van der Waals surface area (Å²) in [5.74, 6) is 0. The molecule has 0 saturated carbocycles. The van der Waals surface area contributed by atoms with E-state index in [2.05, 4.69) is 43.7 Å². The van der Waals surface area contributed by atoms with Crippen LogP contribution in [0.1, 0.15) is 0 Å². The first kappa shape index (κ1) is 10.3. The molecule has 10 heavy (non-hydrogen) atoms. The van der Waals surface area contributed by atoms with Crippen LogP contribution in [-0.4, -0.2) is 13.3 Å². The first-order valence-corrected chi connectivity index (χ1v) is 5.26. The second-order valence-electron chi connectivity index (χ2n) is 2.23. The fourth-order valence-electron chi connectivity index (χ4n) is 0.726. The van der Waals surface area contributed by atoms with Gasteiger partial charge >= 0.3 is 0 Å². The van der Waals surface area contributed by atoms with Crippen molar-refractivity contribution < 1.29 is 21.1 Å². The molecule has 0 aliphatic rings. The van der Waals surface area contributed by atoms with Crippen molar-refractivity contribution in [1.29, 1.82) is 0 Å². The van der Waals surface area contributed by atoms with Gasteiger partial charge in [0.2, 0.25) is 0 Å². The number of hydrogen-bond donors (Lipinski definition) is 0. The van der Waals surface area contributed by atoms with E-state index in [0.29, 0.717) is 0 Å². The Morgan fingerprint density at radius 3 is 1.80 bits per heavy atom. The van der Waals surface area contributed by atoms with Gasteiger partial charge in [-0.25, -0.2) is 0 Å². The minimum atomic E-state index is 0. The minimum absolute atomic E-state index is 0. The first-order chi connectivity index (χ1) is 4.30. The summed E-state index contributed by atoms with van der Waals surface area (Å²) >= 11 is 0. The maximum atomic E-state index is 2.27. The van der Waals surface area contributed by atoms with E-state index >= 15 is 0 Å². The van der Waals surface area contributed by atoms with Gasteiger partial charge in [-0.15, -0.1) is 0 Å². The maximum absolute atomic E-state index is 2.27. The standard InChI is InChI=1S/C8H11P.W/c1-9(2)8-6-4-3-5-7-8;/h3-7H,1-2H3;. The number of hydrogen-bond acceptors (Lipinski definition) is 0. The Bertz CT molecular complexity index is 172. The van der Waals surface area contributed by atoms with Gasteiger partial charge in [-0.3, -0.25) is 0 Å². The van der Waals surface area contributed by atoms with E-state index < -0.39 is 0 Å². The molecule has 0 unspecified atom stereocenters. The normalized spacial score (nSPS) is 9.10. The van der Waals surface area contributed by atoms with Gasteiger partial charge in [-0.05, 0) is 18.6 Å². The molecule has 2 heteroatoms. The Morgan fingerprint density at radius 2 is 1.50 bits per heavy atom. The second kappa shape index (κ2) is 5.05. The molecule has 54 valence electrons. The Hall–Kier alpha value is 0.338. The molecule has 0 N–H and O–H groups in total. The monoisotopic (exact) mass is 322 g/mol. The summed E-state index contributed by atoms with van der Waals surface area (Å²) in [5, 5.41) is 1.48. The van der Waals surface area contributed by atoms with Crippen molar-refractivity contribution in [3.8, 4) is 0 Å². The van der Waals surface area contributed by atoms with Crippen LogP contribution in [0, 0.1) is 0 Å². The molecule has 1 rings (SSSR count). The summed E-state index contributed by atoms with van der Waals surface area (Å²) < 4.78 is 0. The SMILES string of the molecule is CP(C)c1ccccc1.[W]. The molecule has 0 bridgehead atoms. The molecule has 0 aliphatic heterocycles. The van der Waals surface area contributed by atoms with Crippen molar-refractivity contribution >= 4 is 13.2 Å². The van der Waals surface area contributed by atoms with E-state index in [1.165, 1.54) is 5.30 Å². The molecule has 0 fully saturated rings. The molecule has 1 aromatic carbocycles. The summed E-state index contributed by atoms with van der Waals surface area (Å²) in [5.41, 5.74) is 0. The van der Waals surface area contributed by atoms with Gasteiger partial charge in [0.25, 0.3) is 0 Å². The molecular weight excluding hydrogens is 311 g/mol. The largest absolute Gasteiger partial charge is 0.0817 e. The summed E-state index contributed by atoms with van der Waals surface area (Å²) in [7, 11) is 0.104. The molecule has 0 saturated heterocycles. The fourth-order valence-corrected chi connectivity index (χ4v) is 1.49. The van der Waals surface area contributed by atoms with E-state index in [0.717, 1.165) is 0 Å². The van der Waals surface area contributed by atoms with Gasteiger partial charge in [0.15, 0.2) is 0 Å². The van der Waals surface area contributed by atoms with E-state index in [-0.39, 0.29) is 29.0 Å². The topological polar surface area (TPSA) is 0 Å².